The number of Topliss-reactive ketones (excluding diaryl/α,β-unsaturated/α-hetero) is 1. The van der Waals surface area contributed by atoms with E-state index in [1.807, 2.05) is 48.5 Å². The average molecular weight is 1060 g/mol. The number of benzene rings is 3. The number of hydrogen-bond acceptors (Lipinski definition) is 11. The Morgan fingerprint density at radius 2 is 1.11 bits per heavy atom. The van der Waals surface area contributed by atoms with E-state index in [9.17, 15) is 9.59 Å². The Kier molecular flexibility index (Phi) is 17.1. The van der Waals surface area contributed by atoms with E-state index < -0.39 is 14.5 Å². The lowest BCUT2D eigenvalue weighted by atomic mass is 9.70. The molecule has 3 aromatic heterocycles. The molecule has 4 bridgehead atoms. The van der Waals surface area contributed by atoms with Crippen molar-refractivity contribution in [1.29, 1.82) is 0 Å². The van der Waals surface area contributed by atoms with Gasteiger partial charge in [-0.25, -0.2) is 4.21 Å². The van der Waals surface area contributed by atoms with Gasteiger partial charge in [-0.05, 0) is 183 Å². The highest BCUT2D eigenvalue weighted by atomic mass is 36.0. The Morgan fingerprint density at radius 3 is 1.58 bits per heavy atom. The fourth-order valence-corrected chi connectivity index (χ4v) is 13.9. The number of carbonyl (C=O) groups is 2. The molecule has 2 unspecified atom stereocenters. The molecule has 64 heavy (non-hydrogen) atoms. The van der Waals surface area contributed by atoms with Gasteiger partial charge in [0, 0.05) is 74.1 Å². The Balaban J connectivity index is 0.000000128. The standard InChI is InChI=1S/C19H20ClNOS.C9H4Cl2OS.C9H16N2.C8H5ClS.CO2.Cl2OS/c20-14-2-1-13-9-18(23-17(13)10-14)16(22)11-15-12-3-7-21(8-4-12)19(15)5-6-19;10-6-2-1-5-3-8(9(11)12)13-7(5)4-6;10-8-7-1-5-11(6-2-7)9(8)3-4-9;9-7-2-1-6-3-4-10-8(6)5-7;2-1-3;1-4(2)3/h1-2,9-10,12,15H,3-8,11H2;1-4H;7-8H,1-6,10H2;1-5H;;. The third-order valence-corrected chi connectivity index (χ3v) is 17.6. The highest BCUT2D eigenvalue weighted by Gasteiger charge is 2.60. The van der Waals surface area contributed by atoms with Crippen LogP contribution in [0.4, 0.5) is 0 Å². The predicted molar refractivity (Wildman–Crippen MR) is 268 cm³/mol. The molecule has 340 valence electrons. The van der Waals surface area contributed by atoms with Crippen LogP contribution in [0.25, 0.3) is 30.3 Å². The van der Waals surface area contributed by atoms with Crippen molar-refractivity contribution in [1.82, 2.24) is 9.80 Å². The van der Waals surface area contributed by atoms with Gasteiger partial charge < -0.3 is 5.73 Å². The first kappa shape index (κ1) is 49.9. The zero-order valence-corrected chi connectivity index (χ0v) is 42.2. The Bertz CT molecular complexity index is 2650. The number of thiophene rings is 3. The molecule has 0 amide bonds. The van der Waals surface area contributed by atoms with Crippen molar-refractivity contribution in [3.8, 4) is 0 Å². The zero-order valence-electron chi connectivity index (χ0n) is 34.4. The fraction of sp³-hybridized carbons (Fsp3) is 0.413. The Labute approximate surface area is 415 Å². The predicted octanol–water partition coefficient (Wildman–Crippen LogP) is 13.5. The number of nitrogens with two attached hydrogens (primary N) is 1. The maximum Gasteiger partial charge on any atom is 0.373 e. The minimum Gasteiger partial charge on any atom is -0.326 e. The Morgan fingerprint density at radius 1 is 0.672 bits per heavy atom. The van der Waals surface area contributed by atoms with Gasteiger partial charge in [-0.2, -0.15) is 9.59 Å². The lowest BCUT2D eigenvalue weighted by Crippen LogP contribution is -2.63. The summed E-state index contributed by atoms with van der Waals surface area (Å²) in [6.45, 7) is 5.18. The molecule has 2 aliphatic carbocycles. The van der Waals surface area contributed by atoms with Gasteiger partial charge in [0.25, 0.3) is 5.24 Å². The molecule has 6 aromatic rings. The zero-order chi connectivity index (χ0) is 45.8. The molecule has 18 heteroatoms. The molecular formula is C46H45Cl6N3O5S4. The van der Waals surface area contributed by atoms with Crippen LogP contribution >= 0.6 is 102 Å². The second-order valence-corrected chi connectivity index (χ2v) is 24.1. The first-order valence-electron chi connectivity index (χ1n) is 20.9. The van der Waals surface area contributed by atoms with Gasteiger partial charge in [0.1, 0.15) is 0 Å². The molecule has 6 saturated heterocycles. The van der Waals surface area contributed by atoms with Gasteiger partial charge in [-0.3, -0.25) is 19.4 Å². The highest BCUT2D eigenvalue weighted by molar-refractivity contribution is 8.26. The minimum absolute atomic E-state index is 0.250. The molecule has 3 aromatic carbocycles. The summed E-state index contributed by atoms with van der Waals surface area (Å²) in [6.07, 6.45) is 11.7. The second kappa shape index (κ2) is 22.0. The SMILES string of the molecule is Clc1ccc2ccsc2c1.NC1C2CCN(CC2)C12CC2.O=C(CC1C2CCN(CC2)C12CC2)c1cc2ccc(Cl)cc2s1.O=C(Cl)c1cc2ccc(Cl)cc2s1.O=C=O.O=S(Cl)Cl. The normalized spacial score (nSPS) is 24.4. The molecule has 2 atom stereocenters. The average Bonchev–Trinajstić information content (AvgIpc) is 4.06. The van der Waals surface area contributed by atoms with Crippen LogP contribution in [0.3, 0.4) is 0 Å². The number of piperidine rings is 6. The molecule has 2 saturated carbocycles. The summed E-state index contributed by atoms with van der Waals surface area (Å²) < 4.78 is 12.4. The molecule has 0 radical (unpaired) electrons. The molecule has 14 rings (SSSR count). The van der Waals surface area contributed by atoms with Crippen LogP contribution < -0.4 is 5.73 Å². The van der Waals surface area contributed by atoms with Crippen LogP contribution in [-0.2, 0) is 18.8 Å². The summed E-state index contributed by atoms with van der Waals surface area (Å²) >= 11 is 27.7. The van der Waals surface area contributed by atoms with Gasteiger partial charge in [0.05, 0.1) is 9.75 Å². The smallest absolute Gasteiger partial charge is 0.326 e. The maximum atomic E-state index is 12.9. The van der Waals surface area contributed by atoms with Gasteiger partial charge >= 0.3 is 6.15 Å². The second-order valence-electron chi connectivity index (χ2n) is 16.8. The van der Waals surface area contributed by atoms with Gasteiger partial charge in [-0.1, -0.05) is 53.0 Å². The van der Waals surface area contributed by atoms with E-state index in [2.05, 4.69) is 48.7 Å². The number of ketones is 1. The van der Waals surface area contributed by atoms with Crippen molar-refractivity contribution in [2.45, 2.75) is 74.9 Å². The van der Waals surface area contributed by atoms with Gasteiger partial charge in [0.2, 0.25) is 9.23 Å². The minimum atomic E-state index is -1.67. The van der Waals surface area contributed by atoms with Crippen molar-refractivity contribution in [3.05, 3.63) is 103 Å². The van der Waals surface area contributed by atoms with Crippen LogP contribution in [0.2, 0.25) is 15.1 Å². The van der Waals surface area contributed by atoms with Crippen molar-refractivity contribution < 1.29 is 23.4 Å². The van der Waals surface area contributed by atoms with Gasteiger partial charge in [0.15, 0.2) is 5.78 Å². The van der Waals surface area contributed by atoms with Crippen molar-refractivity contribution in [2.75, 3.05) is 26.2 Å². The van der Waals surface area contributed by atoms with E-state index in [1.54, 1.807) is 34.8 Å². The van der Waals surface area contributed by atoms with E-state index in [0.29, 0.717) is 38.7 Å². The number of hydrogen-bond donors (Lipinski definition) is 1. The van der Waals surface area contributed by atoms with E-state index in [-0.39, 0.29) is 6.15 Å². The Hall–Kier alpha value is -1.97. The summed E-state index contributed by atoms with van der Waals surface area (Å²) in [6, 6.07) is 23.7. The maximum absolute atomic E-state index is 12.9. The van der Waals surface area contributed by atoms with Crippen molar-refractivity contribution in [2.24, 2.45) is 23.5 Å². The van der Waals surface area contributed by atoms with E-state index in [0.717, 1.165) is 53.4 Å². The van der Waals surface area contributed by atoms with Crippen LogP contribution in [0.15, 0.2) is 78.2 Å². The summed E-state index contributed by atoms with van der Waals surface area (Å²) in [5.41, 5.74) is 7.13. The van der Waals surface area contributed by atoms with Crippen molar-refractivity contribution >= 4 is 158 Å². The lowest BCUT2D eigenvalue weighted by Gasteiger charge is -2.52. The fourth-order valence-electron chi connectivity index (χ4n) is 10.2. The molecule has 6 aliphatic heterocycles. The first-order valence-corrected chi connectivity index (χ1v) is 27.7. The van der Waals surface area contributed by atoms with E-state index in [4.69, 9.17) is 65.9 Å². The van der Waals surface area contributed by atoms with Crippen LogP contribution in [0, 0.1) is 17.8 Å². The topological polar surface area (TPSA) is 118 Å². The summed E-state index contributed by atoms with van der Waals surface area (Å²) in [5, 5.41) is 7.29. The number of carbonyl (C=O) groups excluding carboxylic acids is 4. The molecule has 2 spiro atoms. The third kappa shape index (κ3) is 11.8. The van der Waals surface area contributed by atoms with Crippen molar-refractivity contribution in [3.63, 3.8) is 0 Å². The summed E-state index contributed by atoms with van der Waals surface area (Å²) in [5.74, 6) is 2.57. The first-order chi connectivity index (χ1) is 30.7. The quantitative estimate of drug-likeness (QED) is 0.137. The van der Waals surface area contributed by atoms with Crippen LogP contribution in [0.5, 0.6) is 0 Å². The van der Waals surface area contributed by atoms with Crippen LogP contribution in [0.1, 0.15) is 77.1 Å². The molecule has 2 N–H and O–H groups in total. The molecule has 8 aliphatic rings. The summed E-state index contributed by atoms with van der Waals surface area (Å²) in [4.78, 5) is 46.8. The number of nitrogens with zero attached hydrogens (tertiary/aromatic N) is 2. The number of fused-ring (bicyclic) bond motifs is 7. The molecule has 9 heterocycles. The van der Waals surface area contributed by atoms with Crippen LogP contribution in [-0.4, -0.2) is 74.5 Å². The number of halogens is 6. The number of rotatable bonds is 4. The third-order valence-electron chi connectivity index (χ3n) is 13.5. The van der Waals surface area contributed by atoms with E-state index in [1.165, 1.54) is 99.0 Å². The highest BCUT2D eigenvalue weighted by Crippen LogP contribution is 2.59. The monoisotopic (exact) mass is 1060 g/mol. The van der Waals surface area contributed by atoms with Gasteiger partial charge in [-0.15, -0.1) is 34.0 Å². The lowest BCUT2D eigenvalue weighted by molar-refractivity contribution is -0.191. The van der Waals surface area contributed by atoms with E-state index >= 15 is 0 Å². The molecule has 8 nitrogen and oxygen atoms in total. The largest absolute Gasteiger partial charge is 0.373 e. The summed E-state index contributed by atoms with van der Waals surface area (Å²) in [7, 11) is 7.36. The molecular weight excluding hydrogens is 1020 g/mol. The molecule has 8 fully saturated rings.